The number of ketones is 1. The molecular weight excluding hydrogens is 255 g/mol. The Balaban J connectivity index is 2.10. The smallest absolute Gasteiger partial charge is 0.185 e. The molecule has 0 aliphatic carbocycles. The van der Waals surface area contributed by atoms with Crippen LogP contribution in [-0.4, -0.2) is 12.4 Å². The number of allylic oxidation sites excluding steroid dienone is 1. The van der Waals surface area contributed by atoms with Gasteiger partial charge in [-0.1, -0.05) is 18.2 Å². The van der Waals surface area contributed by atoms with Crippen LogP contribution in [0.1, 0.15) is 22.8 Å². The van der Waals surface area contributed by atoms with Gasteiger partial charge in [-0.2, -0.15) is 0 Å². The molecule has 0 aliphatic heterocycles. The minimum Gasteiger partial charge on any atom is -0.494 e. The van der Waals surface area contributed by atoms with Gasteiger partial charge in [-0.3, -0.25) is 4.79 Å². The highest BCUT2D eigenvalue weighted by Gasteiger charge is 2.01. The van der Waals surface area contributed by atoms with Crippen molar-refractivity contribution >= 4 is 11.9 Å². The molecule has 0 saturated heterocycles. The van der Waals surface area contributed by atoms with Crippen molar-refractivity contribution in [2.24, 2.45) is 0 Å². The van der Waals surface area contributed by atoms with Crippen LogP contribution in [0, 0.1) is 5.82 Å². The van der Waals surface area contributed by atoms with Crippen LogP contribution in [-0.2, 0) is 0 Å². The number of carbonyl (C=O) groups is 1. The second-order valence-electron chi connectivity index (χ2n) is 4.21. The molecular formula is C17H15FO2. The molecule has 0 radical (unpaired) electrons. The summed E-state index contributed by atoms with van der Waals surface area (Å²) >= 11 is 0. The predicted molar refractivity (Wildman–Crippen MR) is 77.4 cm³/mol. The van der Waals surface area contributed by atoms with Gasteiger partial charge in [-0.15, -0.1) is 0 Å². The Kier molecular flexibility index (Phi) is 4.66. The van der Waals surface area contributed by atoms with Crippen LogP contribution in [0.2, 0.25) is 0 Å². The van der Waals surface area contributed by atoms with Gasteiger partial charge in [0.1, 0.15) is 11.6 Å². The Morgan fingerprint density at radius 2 is 1.95 bits per heavy atom. The molecule has 2 nitrogen and oxygen atoms in total. The summed E-state index contributed by atoms with van der Waals surface area (Å²) in [5, 5.41) is 0. The van der Waals surface area contributed by atoms with E-state index in [9.17, 15) is 9.18 Å². The first-order chi connectivity index (χ1) is 9.69. The van der Waals surface area contributed by atoms with Crippen molar-refractivity contribution in [1.29, 1.82) is 0 Å². The SMILES string of the molecule is CCOc1cccc(C=CC(=O)c2ccc(F)cc2)c1. The molecule has 3 heteroatoms. The topological polar surface area (TPSA) is 26.3 Å². The Morgan fingerprint density at radius 3 is 2.65 bits per heavy atom. The van der Waals surface area contributed by atoms with Crippen molar-refractivity contribution in [1.82, 2.24) is 0 Å². The monoisotopic (exact) mass is 270 g/mol. The summed E-state index contributed by atoms with van der Waals surface area (Å²) < 4.78 is 18.2. The van der Waals surface area contributed by atoms with E-state index in [1.54, 1.807) is 6.08 Å². The van der Waals surface area contributed by atoms with Gasteiger partial charge in [-0.25, -0.2) is 4.39 Å². The standard InChI is InChI=1S/C17H15FO2/c1-2-20-16-5-3-4-13(12-16)6-11-17(19)14-7-9-15(18)10-8-14/h3-12H,2H2,1H3. The number of rotatable bonds is 5. The normalized spacial score (nSPS) is 10.7. The zero-order chi connectivity index (χ0) is 14.4. The Hall–Kier alpha value is -2.42. The first-order valence-corrected chi connectivity index (χ1v) is 6.40. The lowest BCUT2D eigenvalue weighted by atomic mass is 10.1. The van der Waals surface area contributed by atoms with E-state index in [-0.39, 0.29) is 11.6 Å². The molecule has 2 rings (SSSR count). The van der Waals surface area contributed by atoms with E-state index in [0.717, 1.165) is 11.3 Å². The highest BCUT2D eigenvalue weighted by atomic mass is 19.1. The summed E-state index contributed by atoms with van der Waals surface area (Å²) in [7, 11) is 0. The van der Waals surface area contributed by atoms with Gasteiger partial charge < -0.3 is 4.74 Å². The highest BCUT2D eigenvalue weighted by molar-refractivity contribution is 6.06. The van der Waals surface area contributed by atoms with E-state index in [2.05, 4.69) is 0 Å². The fourth-order valence-electron chi connectivity index (χ4n) is 1.76. The number of carbonyl (C=O) groups excluding carboxylic acids is 1. The second kappa shape index (κ2) is 6.66. The van der Waals surface area contributed by atoms with Crippen molar-refractivity contribution in [3.05, 3.63) is 71.6 Å². The van der Waals surface area contributed by atoms with Crippen LogP contribution >= 0.6 is 0 Å². The molecule has 0 heterocycles. The lowest BCUT2D eigenvalue weighted by Crippen LogP contribution is -1.94. The van der Waals surface area contributed by atoms with Gasteiger partial charge in [-0.05, 0) is 55.0 Å². The molecule has 0 atom stereocenters. The first-order valence-electron chi connectivity index (χ1n) is 6.40. The predicted octanol–water partition coefficient (Wildman–Crippen LogP) is 4.12. The van der Waals surface area contributed by atoms with Gasteiger partial charge in [0.05, 0.1) is 6.61 Å². The first kappa shape index (κ1) is 14.0. The minimum absolute atomic E-state index is 0.160. The molecule has 0 saturated carbocycles. The largest absolute Gasteiger partial charge is 0.494 e. The molecule has 0 bridgehead atoms. The van der Waals surface area contributed by atoms with Crippen molar-refractivity contribution in [2.45, 2.75) is 6.92 Å². The van der Waals surface area contributed by atoms with Crippen LogP contribution in [0.15, 0.2) is 54.6 Å². The van der Waals surface area contributed by atoms with Crippen LogP contribution in [0.4, 0.5) is 4.39 Å². The molecule has 0 fully saturated rings. The summed E-state index contributed by atoms with van der Waals surface area (Å²) in [6.45, 7) is 2.52. The Morgan fingerprint density at radius 1 is 1.20 bits per heavy atom. The van der Waals surface area contributed by atoms with E-state index in [1.807, 2.05) is 31.2 Å². The van der Waals surface area contributed by atoms with Crippen molar-refractivity contribution < 1.29 is 13.9 Å². The van der Waals surface area contributed by atoms with Crippen LogP contribution < -0.4 is 4.74 Å². The zero-order valence-corrected chi connectivity index (χ0v) is 11.2. The number of benzene rings is 2. The number of hydrogen-bond acceptors (Lipinski definition) is 2. The summed E-state index contributed by atoms with van der Waals surface area (Å²) in [4.78, 5) is 11.9. The lowest BCUT2D eigenvalue weighted by Gasteiger charge is -2.03. The van der Waals surface area contributed by atoms with E-state index in [1.165, 1.54) is 30.3 Å². The maximum absolute atomic E-state index is 12.8. The van der Waals surface area contributed by atoms with Gasteiger partial charge in [0.15, 0.2) is 5.78 Å². The summed E-state index contributed by atoms with van der Waals surface area (Å²) in [5.74, 6) is 0.255. The van der Waals surface area contributed by atoms with Gasteiger partial charge in [0, 0.05) is 5.56 Å². The molecule has 0 amide bonds. The molecule has 0 N–H and O–H groups in total. The van der Waals surface area contributed by atoms with Crippen molar-refractivity contribution in [3.63, 3.8) is 0 Å². The third-order valence-corrected chi connectivity index (χ3v) is 2.72. The highest BCUT2D eigenvalue weighted by Crippen LogP contribution is 2.15. The molecule has 0 unspecified atom stereocenters. The third-order valence-electron chi connectivity index (χ3n) is 2.72. The fourth-order valence-corrected chi connectivity index (χ4v) is 1.76. The van der Waals surface area contributed by atoms with Crippen LogP contribution in [0.25, 0.3) is 6.08 Å². The number of ether oxygens (including phenoxy) is 1. The molecule has 0 spiro atoms. The quantitative estimate of drug-likeness (QED) is 0.603. The summed E-state index contributed by atoms with van der Waals surface area (Å²) in [6.07, 6.45) is 3.19. The van der Waals surface area contributed by atoms with Gasteiger partial charge in [0.25, 0.3) is 0 Å². The van der Waals surface area contributed by atoms with Gasteiger partial charge in [0.2, 0.25) is 0 Å². The fraction of sp³-hybridized carbons (Fsp3) is 0.118. The number of halogens is 1. The minimum atomic E-state index is -0.352. The maximum atomic E-state index is 12.8. The Bertz CT molecular complexity index is 615. The third kappa shape index (κ3) is 3.79. The molecule has 2 aromatic rings. The van der Waals surface area contributed by atoms with Crippen LogP contribution in [0.3, 0.4) is 0 Å². The second-order valence-corrected chi connectivity index (χ2v) is 4.21. The molecule has 20 heavy (non-hydrogen) atoms. The van der Waals surface area contributed by atoms with E-state index in [0.29, 0.717) is 12.2 Å². The molecule has 0 aromatic heterocycles. The summed E-state index contributed by atoms with van der Waals surface area (Å²) in [6, 6.07) is 13.0. The molecule has 0 aliphatic rings. The van der Waals surface area contributed by atoms with E-state index in [4.69, 9.17) is 4.74 Å². The van der Waals surface area contributed by atoms with E-state index >= 15 is 0 Å². The number of hydrogen-bond donors (Lipinski definition) is 0. The average molecular weight is 270 g/mol. The van der Waals surface area contributed by atoms with Crippen LogP contribution in [0.5, 0.6) is 5.75 Å². The van der Waals surface area contributed by atoms with Gasteiger partial charge >= 0.3 is 0 Å². The lowest BCUT2D eigenvalue weighted by molar-refractivity contribution is 0.104. The summed E-state index contributed by atoms with van der Waals surface area (Å²) in [5.41, 5.74) is 1.34. The Labute approximate surface area is 117 Å². The molecule has 102 valence electrons. The molecule has 2 aromatic carbocycles. The van der Waals surface area contributed by atoms with Crippen molar-refractivity contribution in [2.75, 3.05) is 6.61 Å². The maximum Gasteiger partial charge on any atom is 0.185 e. The van der Waals surface area contributed by atoms with E-state index < -0.39 is 0 Å². The zero-order valence-electron chi connectivity index (χ0n) is 11.2. The average Bonchev–Trinajstić information content (AvgIpc) is 2.46. The van der Waals surface area contributed by atoms with Crippen molar-refractivity contribution in [3.8, 4) is 5.75 Å².